The van der Waals surface area contributed by atoms with Gasteiger partial charge in [-0.05, 0) is 104 Å². The van der Waals surface area contributed by atoms with Gasteiger partial charge in [-0.3, -0.25) is 0 Å². The van der Waals surface area contributed by atoms with Gasteiger partial charge in [-0.25, -0.2) is 0 Å². The summed E-state index contributed by atoms with van der Waals surface area (Å²) in [5.41, 5.74) is 15.4. The molecule has 3 heteroatoms. The lowest BCUT2D eigenvalue weighted by Gasteiger charge is -2.27. The molecule has 0 saturated heterocycles. The maximum Gasteiger partial charge on any atom is 0.145 e. The minimum absolute atomic E-state index is 0.866. The van der Waals surface area contributed by atoms with Gasteiger partial charge in [0.2, 0.25) is 0 Å². The lowest BCUT2D eigenvalue weighted by molar-refractivity contribution is 0.670. The summed E-state index contributed by atoms with van der Waals surface area (Å²) in [7, 11) is 0. The Morgan fingerprint density at radius 2 is 0.954 bits per heavy atom. The number of furan rings is 1. The number of rotatable bonds is 7. The van der Waals surface area contributed by atoms with E-state index >= 15 is 0 Å². The predicted octanol–water partition coefficient (Wildman–Crippen LogP) is 17.5. The highest BCUT2D eigenvalue weighted by molar-refractivity contribution is 6.20. The third-order valence-electron chi connectivity index (χ3n) is 13.2. The van der Waals surface area contributed by atoms with E-state index in [0.717, 1.165) is 61.4 Å². The van der Waals surface area contributed by atoms with Crippen molar-refractivity contribution >= 4 is 82.4 Å². The van der Waals surface area contributed by atoms with Crippen LogP contribution in [0.3, 0.4) is 0 Å². The Labute approximate surface area is 376 Å². The van der Waals surface area contributed by atoms with Crippen LogP contribution in [-0.2, 0) is 0 Å². The molecule has 0 atom stereocenters. The first kappa shape index (κ1) is 36.9. The van der Waals surface area contributed by atoms with E-state index in [9.17, 15) is 0 Å². The molecule has 3 nitrogen and oxygen atoms in total. The van der Waals surface area contributed by atoms with Crippen LogP contribution in [0.2, 0.25) is 0 Å². The highest BCUT2D eigenvalue weighted by Gasteiger charge is 2.24. The monoisotopic (exact) mass is 828 g/mol. The number of hydrogen-bond donors (Lipinski definition) is 0. The van der Waals surface area contributed by atoms with Crippen molar-refractivity contribution in [1.29, 1.82) is 0 Å². The van der Waals surface area contributed by atoms with Crippen LogP contribution in [0, 0.1) is 0 Å². The summed E-state index contributed by atoms with van der Waals surface area (Å²) in [5.74, 6) is 0. The standard InChI is InChI=1S/C62H40N2O/c1-4-16-41(17-5-1)52-26-14-27-55-59-51(25-15-28-56(59)64(61(52)55)46-21-8-3-9-22-46)44-32-34-47(35-33-44)63(48-36-37-50-45(40-48)31-30-43-20-10-11-23-49(43)50)57-39-38-53(42-18-6-2-7-19-42)62-60(57)54-24-12-13-29-58(54)65-62/h1-40H. The van der Waals surface area contributed by atoms with E-state index in [1.807, 2.05) is 0 Å². The fourth-order valence-electron chi connectivity index (χ4n) is 10.3. The van der Waals surface area contributed by atoms with Crippen molar-refractivity contribution in [2.45, 2.75) is 0 Å². The maximum atomic E-state index is 6.81. The van der Waals surface area contributed by atoms with Gasteiger partial charge in [0.05, 0.1) is 22.1 Å². The molecule has 0 saturated carbocycles. The highest BCUT2D eigenvalue weighted by atomic mass is 16.3. The molecule has 0 aliphatic carbocycles. The van der Waals surface area contributed by atoms with Crippen molar-refractivity contribution in [3.05, 3.63) is 243 Å². The molecule has 0 radical (unpaired) electrons. The summed E-state index contributed by atoms with van der Waals surface area (Å²) >= 11 is 0. The van der Waals surface area contributed by atoms with Gasteiger partial charge in [-0.15, -0.1) is 0 Å². The summed E-state index contributed by atoms with van der Waals surface area (Å²) in [5, 5.41) is 9.54. The zero-order valence-corrected chi connectivity index (χ0v) is 35.4. The molecule has 13 aromatic rings. The average molecular weight is 829 g/mol. The number of hydrogen-bond acceptors (Lipinski definition) is 2. The molecule has 304 valence electrons. The fourth-order valence-corrected chi connectivity index (χ4v) is 10.3. The van der Waals surface area contributed by atoms with Crippen LogP contribution in [0.4, 0.5) is 17.1 Å². The second-order valence-corrected chi connectivity index (χ2v) is 16.8. The topological polar surface area (TPSA) is 21.3 Å². The molecule has 0 spiro atoms. The molecule has 0 aliphatic rings. The van der Waals surface area contributed by atoms with Gasteiger partial charge in [-0.2, -0.15) is 0 Å². The minimum Gasteiger partial charge on any atom is -0.455 e. The normalized spacial score (nSPS) is 11.7. The van der Waals surface area contributed by atoms with Crippen molar-refractivity contribution in [2.24, 2.45) is 0 Å². The first-order valence-corrected chi connectivity index (χ1v) is 22.3. The summed E-state index contributed by atoms with van der Waals surface area (Å²) in [6.07, 6.45) is 0. The Morgan fingerprint density at radius 3 is 1.75 bits per heavy atom. The zero-order chi connectivity index (χ0) is 42.8. The van der Waals surface area contributed by atoms with Crippen molar-refractivity contribution in [3.8, 4) is 39.1 Å². The van der Waals surface area contributed by atoms with Crippen molar-refractivity contribution < 1.29 is 4.42 Å². The summed E-state index contributed by atoms with van der Waals surface area (Å²) in [6, 6.07) is 87.6. The van der Waals surface area contributed by atoms with E-state index in [4.69, 9.17) is 4.42 Å². The molecular weight excluding hydrogens is 789 g/mol. The van der Waals surface area contributed by atoms with Gasteiger partial charge in [0, 0.05) is 44.3 Å². The van der Waals surface area contributed by atoms with E-state index in [1.165, 1.54) is 60.0 Å². The van der Waals surface area contributed by atoms with Crippen molar-refractivity contribution in [1.82, 2.24) is 4.57 Å². The quantitative estimate of drug-likeness (QED) is 0.149. The molecule has 0 bridgehead atoms. The third-order valence-corrected chi connectivity index (χ3v) is 13.2. The van der Waals surface area contributed by atoms with Gasteiger partial charge < -0.3 is 13.9 Å². The Morgan fingerprint density at radius 1 is 0.354 bits per heavy atom. The van der Waals surface area contributed by atoms with Crippen molar-refractivity contribution in [3.63, 3.8) is 0 Å². The van der Waals surface area contributed by atoms with Crippen molar-refractivity contribution in [2.75, 3.05) is 4.90 Å². The number of benzene rings is 11. The molecular formula is C62H40N2O. The molecule has 0 N–H and O–H groups in total. The van der Waals surface area contributed by atoms with Crippen LogP contribution in [0.15, 0.2) is 247 Å². The molecule has 13 rings (SSSR count). The molecule has 11 aromatic carbocycles. The van der Waals surface area contributed by atoms with Gasteiger partial charge >= 0.3 is 0 Å². The summed E-state index contributed by atoms with van der Waals surface area (Å²) < 4.78 is 9.25. The highest BCUT2D eigenvalue weighted by Crippen LogP contribution is 2.48. The van der Waals surface area contributed by atoms with E-state index < -0.39 is 0 Å². The van der Waals surface area contributed by atoms with Crippen LogP contribution >= 0.6 is 0 Å². The fraction of sp³-hybridized carbons (Fsp3) is 0. The average Bonchev–Trinajstić information content (AvgIpc) is 3.94. The van der Waals surface area contributed by atoms with Crippen LogP contribution in [0.25, 0.3) is 104 Å². The molecule has 2 aromatic heterocycles. The lowest BCUT2D eigenvalue weighted by atomic mass is 9.96. The third kappa shape index (κ3) is 5.97. The van der Waals surface area contributed by atoms with Gasteiger partial charge in [0.15, 0.2) is 0 Å². The number of fused-ring (bicyclic) bond motifs is 9. The van der Waals surface area contributed by atoms with E-state index in [2.05, 4.69) is 252 Å². The number of nitrogens with zero attached hydrogens (tertiary/aromatic N) is 2. The first-order valence-electron chi connectivity index (χ1n) is 22.3. The second kappa shape index (κ2) is 15.0. The SMILES string of the molecule is c1ccc(-c2ccc(N(c3ccc(-c4cccc5c4c4cccc(-c6ccccc6)c4n5-c4ccccc4)cc3)c3ccc4c(ccc5ccccc54)c3)c3c2oc2ccccc23)cc1. The number of para-hydroxylation sites is 3. The maximum absolute atomic E-state index is 6.81. The first-order chi connectivity index (χ1) is 32.3. The Hall–Kier alpha value is -8.66. The molecule has 0 fully saturated rings. The largest absolute Gasteiger partial charge is 0.455 e. The zero-order valence-electron chi connectivity index (χ0n) is 35.4. The molecule has 0 amide bonds. The second-order valence-electron chi connectivity index (χ2n) is 16.8. The Bertz CT molecular complexity index is 3920. The van der Waals surface area contributed by atoms with Gasteiger partial charge in [0.1, 0.15) is 11.2 Å². The molecule has 65 heavy (non-hydrogen) atoms. The van der Waals surface area contributed by atoms with Crippen LogP contribution in [0.5, 0.6) is 0 Å². The number of anilines is 3. The smallest absolute Gasteiger partial charge is 0.145 e. The van der Waals surface area contributed by atoms with Gasteiger partial charge in [-0.1, -0.05) is 182 Å². The van der Waals surface area contributed by atoms with E-state index in [0.29, 0.717) is 0 Å². The number of aromatic nitrogens is 1. The van der Waals surface area contributed by atoms with Crippen LogP contribution in [-0.4, -0.2) is 4.57 Å². The van der Waals surface area contributed by atoms with Crippen LogP contribution < -0.4 is 4.90 Å². The summed E-state index contributed by atoms with van der Waals surface area (Å²) in [4.78, 5) is 2.41. The molecule has 0 unspecified atom stereocenters. The Kier molecular flexibility index (Phi) is 8.53. The lowest BCUT2D eigenvalue weighted by Crippen LogP contribution is -2.10. The summed E-state index contributed by atoms with van der Waals surface area (Å²) in [6.45, 7) is 0. The molecule has 2 heterocycles. The van der Waals surface area contributed by atoms with Gasteiger partial charge in [0.25, 0.3) is 0 Å². The predicted molar refractivity (Wildman–Crippen MR) is 274 cm³/mol. The van der Waals surface area contributed by atoms with E-state index in [1.54, 1.807) is 0 Å². The minimum atomic E-state index is 0.866. The van der Waals surface area contributed by atoms with Crippen LogP contribution in [0.1, 0.15) is 0 Å². The Balaban J connectivity index is 1.03. The molecule has 0 aliphatic heterocycles. The van der Waals surface area contributed by atoms with E-state index in [-0.39, 0.29) is 0 Å².